The number of nitrogens with one attached hydrogen (secondary N) is 1. The summed E-state index contributed by atoms with van der Waals surface area (Å²) in [6.45, 7) is 3.73. The molecule has 2 heterocycles. The van der Waals surface area contributed by atoms with Crippen molar-refractivity contribution in [3.8, 4) is 17.2 Å². The average molecular weight is 397 g/mol. The summed E-state index contributed by atoms with van der Waals surface area (Å²) in [6, 6.07) is 15.5. The summed E-state index contributed by atoms with van der Waals surface area (Å²) >= 11 is 0. The molecule has 2 aromatic rings. The van der Waals surface area contributed by atoms with Gasteiger partial charge in [-0.15, -0.1) is 0 Å². The van der Waals surface area contributed by atoms with Gasteiger partial charge in [-0.2, -0.15) is 0 Å². The van der Waals surface area contributed by atoms with E-state index < -0.39 is 6.10 Å². The Balaban J connectivity index is 1.48. The smallest absolute Gasteiger partial charge is 0.265 e. The second-order valence-corrected chi connectivity index (χ2v) is 7.65. The minimum atomic E-state index is -0.683. The van der Waals surface area contributed by atoms with Gasteiger partial charge < -0.3 is 24.3 Å². The number of ether oxygens (including phenoxy) is 4. The maximum Gasteiger partial charge on any atom is 0.265 e. The number of hydrogen-bond acceptors (Lipinski definition) is 5. The SMILES string of the molecule is COc1ccc(C2(CNC(=O)[C@@H]3Oc4ccccc4O[C@@H]3C)CCOCC2)cc1. The molecule has 0 bridgehead atoms. The van der Waals surface area contributed by atoms with E-state index in [0.717, 1.165) is 18.6 Å². The molecule has 2 aliphatic rings. The Hall–Kier alpha value is -2.73. The highest BCUT2D eigenvalue weighted by Crippen LogP contribution is 2.36. The van der Waals surface area contributed by atoms with E-state index in [4.69, 9.17) is 18.9 Å². The normalized spacial score (nSPS) is 22.6. The summed E-state index contributed by atoms with van der Waals surface area (Å²) in [4.78, 5) is 13.0. The second-order valence-electron chi connectivity index (χ2n) is 7.65. The van der Waals surface area contributed by atoms with Crippen molar-refractivity contribution in [3.05, 3.63) is 54.1 Å². The molecule has 0 saturated carbocycles. The van der Waals surface area contributed by atoms with Crippen LogP contribution in [-0.4, -0.2) is 45.0 Å². The van der Waals surface area contributed by atoms with Gasteiger partial charge in [-0.05, 0) is 49.6 Å². The summed E-state index contributed by atoms with van der Waals surface area (Å²) in [7, 11) is 1.66. The number of carbonyl (C=O) groups is 1. The van der Waals surface area contributed by atoms with Crippen LogP contribution in [0.2, 0.25) is 0 Å². The first-order valence-corrected chi connectivity index (χ1v) is 10.0. The number of para-hydroxylation sites is 2. The van der Waals surface area contributed by atoms with Crippen molar-refractivity contribution < 1.29 is 23.7 Å². The number of fused-ring (bicyclic) bond motifs is 1. The lowest BCUT2D eigenvalue weighted by Crippen LogP contribution is -2.52. The zero-order valence-electron chi connectivity index (χ0n) is 16.9. The Morgan fingerprint density at radius 3 is 2.38 bits per heavy atom. The van der Waals surface area contributed by atoms with Gasteiger partial charge in [-0.1, -0.05) is 24.3 Å². The molecule has 1 saturated heterocycles. The topological polar surface area (TPSA) is 66.0 Å². The first-order valence-electron chi connectivity index (χ1n) is 10.0. The van der Waals surface area contributed by atoms with Crippen molar-refractivity contribution in [2.45, 2.75) is 37.4 Å². The summed E-state index contributed by atoms with van der Waals surface area (Å²) in [5, 5.41) is 3.12. The van der Waals surface area contributed by atoms with E-state index in [0.29, 0.717) is 31.3 Å². The van der Waals surface area contributed by atoms with Crippen molar-refractivity contribution in [2.75, 3.05) is 26.9 Å². The van der Waals surface area contributed by atoms with Gasteiger partial charge in [0.1, 0.15) is 11.9 Å². The third kappa shape index (κ3) is 4.03. The predicted molar refractivity (Wildman–Crippen MR) is 109 cm³/mol. The fourth-order valence-corrected chi connectivity index (χ4v) is 4.04. The molecule has 154 valence electrons. The van der Waals surface area contributed by atoms with Gasteiger partial charge >= 0.3 is 0 Å². The number of benzene rings is 2. The van der Waals surface area contributed by atoms with Gasteiger partial charge in [-0.25, -0.2) is 0 Å². The van der Waals surface area contributed by atoms with Crippen molar-refractivity contribution in [1.82, 2.24) is 5.32 Å². The van der Waals surface area contributed by atoms with Crippen LogP contribution >= 0.6 is 0 Å². The first kappa shape index (κ1) is 19.6. The van der Waals surface area contributed by atoms with E-state index in [1.807, 2.05) is 43.3 Å². The molecule has 1 fully saturated rings. The van der Waals surface area contributed by atoms with Crippen molar-refractivity contribution in [2.24, 2.45) is 0 Å². The summed E-state index contributed by atoms with van der Waals surface area (Å²) in [6.07, 6.45) is 0.647. The molecule has 4 rings (SSSR count). The number of hydrogen-bond donors (Lipinski definition) is 1. The molecule has 29 heavy (non-hydrogen) atoms. The molecule has 0 aliphatic carbocycles. The number of rotatable bonds is 5. The molecule has 1 N–H and O–H groups in total. The predicted octanol–water partition coefficient (Wildman–Crippen LogP) is 3.09. The fourth-order valence-electron chi connectivity index (χ4n) is 4.04. The van der Waals surface area contributed by atoms with Gasteiger partial charge in [0.15, 0.2) is 11.5 Å². The highest BCUT2D eigenvalue weighted by Gasteiger charge is 2.38. The molecule has 1 amide bonds. The van der Waals surface area contributed by atoms with Crippen LogP contribution in [0.5, 0.6) is 17.2 Å². The number of amides is 1. The Bertz CT molecular complexity index is 845. The lowest BCUT2D eigenvalue weighted by Gasteiger charge is -2.39. The van der Waals surface area contributed by atoms with Crippen LogP contribution in [0, 0.1) is 0 Å². The lowest BCUT2D eigenvalue weighted by atomic mass is 9.74. The van der Waals surface area contributed by atoms with Crippen LogP contribution in [0.15, 0.2) is 48.5 Å². The minimum absolute atomic E-state index is 0.161. The number of methoxy groups -OCH3 is 1. The third-order valence-electron chi connectivity index (χ3n) is 5.85. The average Bonchev–Trinajstić information content (AvgIpc) is 2.77. The molecular weight excluding hydrogens is 370 g/mol. The highest BCUT2D eigenvalue weighted by atomic mass is 16.6. The van der Waals surface area contributed by atoms with Gasteiger partial charge in [0.2, 0.25) is 6.10 Å². The van der Waals surface area contributed by atoms with Crippen molar-refractivity contribution >= 4 is 5.91 Å². The Kier molecular flexibility index (Phi) is 5.62. The highest BCUT2D eigenvalue weighted by molar-refractivity contribution is 5.82. The Morgan fingerprint density at radius 1 is 1.07 bits per heavy atom. The van der Waals surface area contributed by atoms with Gasteiger partial charge in [0, 0.05) is 25.2 Å². The van der Waals surface area contributed by atoms with E-state index in [1.54, 1.807) is 7.11 Å². The molecule has 0 aromatic heterocycles. The summed E-state index contributed by atoms with van der Waals surface area (Å²) < 4.78 is 22.7. The maximum absolute atomic E-state index is 13.0. The van der Waals surface area contributed by atoms with Crippen LogP contribution in [0.3, 0.4) is 0 Å². The van der Waals surface area contributed by atoms with Crippen LogP contribution in [0.1, 0.15) is 25.3 Å². The molecule has 2 aliphatic heterocycles. The largest absolute Gasteiger partial charge is 0.497 e. The summed E-state index contributed by atoms with van der Waals surface area (Å²) in [5.74, 6) is 1.93. The van der Waals surface area contributed by atoms with E-state index >= 15 is 0 Å². The lowest BCUT2D eigenvalue weighted by molar-refractivity contribution is -0.133. The van der Waals surface area contributed by atoms with E-state index in [2.05, 4.69) is 17.4 Å². The molecule has 2 atom stereocenters. The molecule has 0 spiro atoms. The summed E-state index contributed by atoms with van der Waals surface area (Å²) in [5.41, 5.74) is 1.01. The van der Waals surface area contributed by atoms with Crippen LogP contribution in [-0.2, 0) is 14.9 Å². The quantitative estimate of drug-likeness (QED) is 0.840. The Labute approximate surface area is 171 Å². The van der Waals surface area contributed by atoms with Crippen molar-refractivity contribution in [1.29, 1.82) is 0 Å². The molecule has 0 radical (unpaired) electrons. The fraction of sp³-hybridized carbons (Fsp3) is 0.435. The third-order valence-corrected chi connectivity index (χ3v) is 5.85. The Morgan fingerprint density at radius 2 is 1.72 bits per heavy atom. The van der Waals surface area contributed by atoms with E-state index in [1.165, 1.54) is 5.56 Å². The zero-order chi connectivity index (χ0) is 20.3. The molecule has 6 nitrogen and oxygen atoms in total. The zero-order valence-corrected chi connectivity index (χ0v) is 16.9. The monoisotopic (exact) mass is 397 g/mol. The van der Waals surface area contributed by atoms with Gasteiger partial charge in [-0.3, -0.25) is 4.79 Å². The van der Waals surface area contributed by atoms with E-state index in [-0.39, 0.29) is 17.4 Å². The molecule has 2 aromatic carbocycles. The standard InChI is InChI=1S/C23H27NO5/c1-16-21(29-20-6-4-3-5-19(20)28-16)22(25)24-15-23(11-13-27-14-12-23)17-7-9-18(26-2)10-8-17/h3-10,16,21H,11-15H2,1-2H3,(H,24,25)/t16-,21-/m1/s1. The minimum Gasteiger partial charge on any atom is -0.497 e. The molecule has 0 unspecified atom stereocenters. The molecular formula is C23H27NO5. The second kappa shape index (κ2) is 8.33. The van der Waals surface area contributed by atoms with Crippen LogP contribution in [0.25, 0.3) is 0 Å². The van der Waals surface area contributed by atoms with Crippen LogP contribution < -0.4 is 19.5 Å². The van der Waals surface area contributed by atoms with E-state index in [9.17, 15) is 4.79 Å². The first-order chi connectivity index (χ1) is 14.1. The number of carbonyl (C=O) groups excluding carboxylic acids is 1. The van der Waals surface area contributed by atoms with Gasteiger partial charge in [0.25, 0.3) is 5.91 Å². The van der Waals surface area contributed by atoms with Crippen molar-refractivity contribution in [3.63, 3.8) is 0 Å². The maximum atomic E-state index is 13.0. The van der Waals surface area contributed by atoms with Gasteiger partial charge in [0.05, 0.1) is 7.11 Å². The molecule has 6 heteroatoms. The van der Waals surface area contributed by atoms with Crippen LogP contribution in [0.4, 0.5) is 0 Å².